The Morgan fingerprint density at radius 1 is 1.09 bits per heavy atom. The molecular weight excluding hydrogens is 405 g/mol. The van der Waals surface area contributed by atoms with E-state index in [9.17, 15) is 9.65 Å². The van der Waals surface area contributed by atoms with Crippen molar-refractivity contribution in [2.24, 2.45) is 29.6 Å². The van der Waals surface area contributed by atoms with Gasteiger partial charge in [-0.3, -0.25) is 0 Å². The second kappa shape index (κ2) is 12.1. The molecule has 0 spiro atoms. The Kier molecular flexibility index (Phi) is 9.23. The molecule has 1 N–H and O–H groups in total. The number of nitriles is 1. The Balaban J connectivity index is 1.41. The van der Waals surface area contributed by atoms with E-state index in [1.165, 1.54) is 32.1 Å². The first kappa shape index (κ1) is 24.4. The van der Waals surface area contributed by atoms with Crippen molar-refractivity contribution < 1.29 is 13.9 Å². The van der Waals surface area contributed by atoms with Gasteiger partial charge in [0.1, 0.15) is 6.17 Å². The highest BCUT2D eigenvalue weighted by atomic mass is 19.1. The van der Waals surface area contributed by atoms with Crippen molar-refractivity contribution in [1.82, 2.24) is 10.2 Å². The largest absolute Gasteiger partial charge is 0.384 e. The normalized spacial score (nSPS) is 40.5. The number of likely N-dealkylation sites (tertiary alicyclic amines) is 1. The van der Waals surface area contributed by atoms with Gasteiger partial charge >= 0.3 is 0 Å². The van der Waals surface area contributed by atoms with Crippen molar-refractivity contribution in [3.63, 3.8) is 0 Å². The highest BCUT2D eigenvalue weighted by Crippen LogP contribution is 2.45. The van der Waals surface area contributed by atoms with Crippen molar-refractivity contribution in [2.75, 3.05) is 46.5 Å². The zero-order chi connectivity index (χ0) is 22.3. The van der Waals surface area contributed by atoms with Gasteiger partial charge in [0.15, 0.2) is 0 Å². The first-order chi connectivity index (χ1) is 15.7. The van der Waals surface area contributed by atoms with Crippen molar-refractivity contribution >= 4 is 0 Å². The topological polar surface area (TPSA) is 57.5 Å². The molecule has 4 fully saturated rings. The summed E-state index contributed by atoms with van der Waals surface area (Å²) in [4.78, 5) is 2.74. The molecule has 6 heteroatoms. The quantitative estimate of drug-likeness (QED) is 0.659. The van der Waals surface area contributed by atoms with Crippen LogP contribution in [0, 0.1) is 40.9 Å². The molecule has 2 aliphatic heterocycles. The van der Waals surface area contributed by atoms with Gasteiger partial charge < -0.3 is 19.7 Å². The predicted molar refractivity (Wildman–Crippen MR) is 124 cm³/mol. The second-order valence-electron chi connectivity index (χ2n) is 11.0. The first-order valence-corrected chi connectivity index (χ1v) is 13.3. The number of hydrogen-bond donors (Lipinski definition) is 1. The van der Waals surface area contributed by atoms with Crippen molar-refractivity contribution in [3.8, 4) is 6.07 Å². The Morgan fingerprint density at radius 2 is 1.94 bits per heavy atom. The molecule has 182 valence electrons. The average molecular weight is 450 g/mol. The van der Waals surface area contributed by atoms with Crippen LogP contribution in [0.15, 0.2) is 0 Å². The Labute approximate surface area is 194 Å². The number of nitrogens with zero attached hydrogens (tertiary/aromatic N) is 2. The van der Waals surface area contributed by atoms with E-state index >= 15 is 0 Å². The number of methoxy groups -OCH3 is 1. The molecule has 5 nitrogen and oxygen atoms in total. The summed E-state index contributed by atoms with van der Waals surface area (Å²) >= 11 is 0. The maximum Gasteiger partial charge on any atom is 0.116 e. The van der Waals surface area contributed by atoms with Crippen molar-refractivity contribution in [1.29, 1.82) is 5.26 Å². The minimum absolute atomic E-state index is 0.327. The van der Waals surface area contributed by atoms with Gasteiger partial charge in [-0.25, -0.2) is 4.39 Å². The third-order valence-electron chi connectivity index (χ3n) is 8.89. The second-order valence-corrected chi connectivity index (χ2v) is 11.0. The lowest BCUT2D eigenvalue weighted by Gasteiger charge is -2.49. The summed E-state index contributed by atoms with van der Waals surface area (Å²) in [5.41, 5.74) is 0. The van der Waals surface area contributed by atoms with Gasteiger partial charge in [0, 0.05) is 32.9 Å². The van der Waals surface area contributed by atoms with Gasteiger partial charge in [0.2, 0.25) is 0 Å². The monoisotopic (exact) mass is 449 g/mol. The fraction of sp³-hybridized carbons (Fsp3) is 0.962. The van der Waals surface area contributed by atoms with Crippen LogP contribution < -0.4 is 5.32 Å². The van der Waals surface area contributed by atoms with E-state index in [0.29, 0.717) is 42.2 Å². The Hall–Kier alpha value is -0.740. The lowest BCUT2D eigenvalue weighted by molar-refractivity contribution is -0.0164. The van der Waals surface area contributed by atoms with Crippen molar-refractivity contribution in [2.45, 2.75) is 82.5 Å². The summed E-state index contributed by atoms with van der Waals surface area (Å²) in [6.45, 7) is 6.09. The lowest BCUT2D eigenvalue weighted by Crippen LogP contribution is -2.51. The minimum atomic E-state index is -0.943. The van der Waals surface area contributed by atoms with E-state index in [0.717, 1.165) is 65.1 Å². The van der Waals surface area contributed by atoms with E-state index in [1.54, 1.807) is 0 Å². The molecule has 7 atom stereocenters. The summed E-state index contributed by atoms with van der Waals surface area (Å²) < 4.78 is 26.3. The van der Waals surface area contributed by atoms with Gasteiger partial charge in [-0.2, -0.15) is 5.26 Å². The molecule has 2 aliphatic carbocycles. The molecule has 4 rings (SSSR count). The summed E-state index contributed by atoms with van der Waals surface area (Å²) in [5, 5.41) is 12.8. The number of piperidine rings is 1. The third kappa shape index (κ3) is 6.23. The maximum absolute atomic E-state index is 14.8. The molecule has 0 aromatic rings. The number of halogens is 1. The zero-order valence-electron chi connectivity index (χ0n) is 20.0. The number of alkyl halides is 1. The number of hydrogen-bond acceptors (Lipinski definition) is 5. The fourth-order valence-electron chi connectivity index (χ4n) is 7.11. The Bertz CT molecular complexity index is 598. The molecule has 0 aromatic heterocycles. The SMILES string of the molecule is COCC1CCN(C2CCC(CC3CNCCCO3)CC2C2CCC(C#N)C(F)C2)CC1. The molecular formula is C26H44FN3O2. The van der Waals surface area contributed by atoms with Gasteiger partial charge in [-0.05, 0) is 108 Å². The predicted octanol–water partition coefficient (Wildman–Crippen LogP) is 4.18. The summed E-state index contributed by atoms with van der Waals surface area (Å²) in [6.07, 6.45) is 10.1. The molecule has 0 bridgehead atoms. The highest BCUT2D eigenvalue weighted by Gasteiger charge is 2.43. The fourth-order valence-corrected chi connectivity index (χ4v) is 7.11. The van der Waals surface area contributed by atoms with Crippen LogP contribution in [-0.4, -0.2) is 69.7 Å². The minimum Gasteiger partial charge on any atom is -0.384 e. The molecule has 0 radical (unpaired) electrons. The van der Waals surface area contributed by atoms with Crippen LogP contribution >= 0.6 is 0 Å². The number of ether oxygens (including phenoxy) is 2. The van der Waals surface area contributed by atoms with Gasteiger partial charge in [0.25, 0.3) is 0 Å². The smallest absolute Gasteiger partial charge is 0.116 e. The van der Waals surface area contributed by atoms with Crippen LogP contribution in [0.25, 0.3) is 0 Å². The standard InChI is InChI=1S/C26H44FN3O2/c1-31-18-19-7-10-30(11-8-19)26-6-3-20(13-23-17-29-9-2-12-32-23)14-24(26)21-4-5-22(16-28)25(27)15-21/h19-26,29H,2-15,17-18H2,1H3. The number of rotatable bonds is 6. The third-order valence-corrected chi connectivity index (χ3v) is 8.89. The van der Waals surface area contributed by atoms with Gasteiger partial charge in [0.05, 0.1) is 18.1 Å². The van der Waals surface area contributed by atoms with Crippen molar-refractivity contribution in [3.05, 3.63) is 0 Å². The summed E-state index contributed by atoms with van der Waals surface area (Å²) in [7, 11) is 1.81. The molecule has 32 heavy (non-hydrogen) atoms. The van der Waals surface area contributed by atoms with E-state index in [1.807, 2.05) is 7.11 Å². The highest BCUT2D eigenvalue weighted by molar-refractivity contribution is 4.99. The Morgan fingerprint density at radius 3 is 2.69 bits per heavy atom. The van der Waals surface area contributed by atoms with Gasteiger partial charge in [-0.1, -0.05) is 0 Å². The lowest BCUT2D eigenvalue weighted by atomic mass is 9.65. The number of nitrogens with one attached hydrogen (secondary N) is 1. The van der Waals surface area contributed by atoms with Crippen LogP contribution in [0.3, 0.4) is 0 Å². The van der Waals surface area contributed by atoms with Crippen LogP contribution in [0.4, 0.5) is 4.39 Å². The molecule has 2 heterocycles. The van der Waals surface area contributed by atoms with Crippen LogP contribution in [-0.2, 0) is 9.47 Å². The molecule has 2 saturated heterocycles. The molecule has 7 unspecified atom stereocenters. The zero-order valence-corrected chi connectivity index (χ0v) is 20.0. The van der Waals surface area contributed by atoms with Crippen LogP contribution in [0.2, 0.25) is 0 Å². The molecule has 4 aliphatic rings. The average Bonchev–Trinajstić information content (AvgIpc) is 3.08. The van der Waals surface area contributed by atoms with E-state index in [2.05, 4.69) is 16.3 Å². The van der Waals surface area contributed by atoms with E-state index in [-0.39, 0.29) is 5.92 Å². The van der Waals surface area contributed by atoms with E-state index in [4.69, 9.17) is 9.47 Å². The molecule has 0 aromatic carbocycles. The summed E-state index contributed by atoms with van der Waals surface area (Å²) in [5.74, 6) is 1.96. The molecule has 0 amide bonds. The van der Waals surface area contributed by atoms with Gasteiger partial charge in [-0.15, -0.1) is 0 Å². The van der Waals surface area contributed by atoms with Crippen LogP contribution in [0.1, 0.15) is 64.2 Å². The maximum atomic E-state index is 14.8. The first-order valence-electron chi connectivity index (χ1n) is 13.3. The molecule has 2 saturated carbocycles. The van der Waals surface area contributed by atoms with Crippen LogP contribution in [0.5, 0.6) is 0 Å². The summed E-state index contributed by atoms with van der Waals surface area (Å²) in [6, 6.07) is 2.80. The van der Waals surface area contributed by atoms with E-state index < -0.39 is 6.17 Å².